The highest BCUT2D eigenvalue weighted by atomic mass is 16.2. The number of hydrogen-bond acceptors (Lipinski definition) is 3. The van der Waals surface area contributed by atoms with E-state index in [1.54, 1.807) is 0 Å². The van der Waals surface area contributed by atoms with Crippen LogP contribution in [-0.4, -0.2) is 23.4 Å². The van der Waals surface area contributed by atoms with Crippen molar-refractivity contribution in [2.24, 2.45) is 5.73 Å². The van der Waals surface area contributed by atoms with E-state index in [2.05, 4.69) is 10.6 Å². The van der Waals surface area contributed by atoms with Gasteiger partial charge in [0.25, 0.3) is 0 Å². The summed E-state index contributed by atoms with van der Waals surface area (Å²) < 4.78 is 0. The van der Waals surface area contributed by atoms with E-state index in [-0.39, 0.29) is 11.8 Å². The van der Waals surface area contributed by atoms with Gasteiger partial charge in [0.2, 0.25) is 11.8 Å². The third-order valence-electron chi connectivity index (χ3n) is 5.73. The van der Waals surface area contributed by atoms with Crippen LogP contribution in [0.25, 0.3) is 0 Å². The lowest BCUT2D eigenvalue weighted by Crippen LogP contribution is -2.55. The number of rotatable bonds is 2. The van der Waals surface area contributed by atoms with Crippen LogP contribution in [0.2, 0.25) is 0 Å². The van der Waals surface area contributed by atoms with Gasteiger partial charge in [0.1, 0.15) is 5.41 Å². The molecule has 1 fully saturated rings. The van der Waals surface area contributed by atoms with Gasteiger partial charge in [-0.15, -0.1) is 0 Å². The normalized spacial score (nSPS) is 29.4. The molecular formula is C20H21N3O2. The predicted molar refractivity (Wildman–Crippen MR) is 96.1 cm³/mol. The summed E-state index contributed by atoms with van der Waals surface area (Å²) in [5.74, 6) is -0.926. The van der Waals surface area contributed by atoms with Crippen LogP contribution in [0, 0.1) is 0 Å². The van der Waals surface area contributed by atoms with Crippen molar-refractivity contribution in [1.29, 1.82) is 0 Å². The Morgan fingerprint density at radius 1 is 1.04 bits per heavy atom. The lowest BCUT2D eigenvalue weighted by Gasteiger charge is -2.40. The first-order valence-corrected chi connectivity index (χ1v) is 8.42. The second kappa shape index (κ2) is 5.17. The average molecular weight is 335 g/mol. The van der Waals surface area contributed by atoms with Crippen LogP contribution in [0.1, 0.15) is 30.9 Å². The summed E-state index contributed by atoms with van der Waals surface area (Å²) in [7, 11) is 0. The van der Waals surface area contributed by atoms with Gasteiger partial charge in [-0.05, 0) is 31.0 Å². The molecule has 0 aliphatic carbocycles. The number of nitrogens with one attached hydrogen (secondary N) is 2. The highest BCUT2D eigenvalue weighted by Gasteiger charge is 2.68. The van der Waals surface area contributed by atoms with Crippen LogP contribution in [0.5, 0.6) is 0 Å². The fraction of sp³-hybridized carbons (Fsp3) is 0.300. The minimum atomic E-state index is -0.912. The summed E-state index contributed by atoms with van der Waals surface area (Å²) in [6.07, 6.45) is 0. The Morgan fingerprint density at radius 2 is 1.68 bits per heavy atom. The van der Waals surface area contributed by atoms with Crippen molar-refractivity contribution in [2.45, 2.75) is 36.8 Å². The van der Waals surface area contributed by atoms with Gasteiger partial charge in [0.05, 0.1) is 6.04 Å². The second-order valence-corrected chi connectivity index (χ2v) is 7.35. The Hall–Kier alpha value is -2.66. The largest absolute Gasteiger partial charge is 0.368 e. The smallest absolute Gasteiger partial charge is 0.237 e. The van der Waals surface area contributed by atoms with E-state index in [0.29, 0.717) is 0 Å². The first-order valence-electron chi connectivity index (χ1n) is 8.42. The van der Waals surface area contributed by atoms with Crippen LogP contribution in [0.4, 0.5) is 5.69 Å². The van der Waals surface area contributed by atoms with Gasteiger partial charge >= 0.3 is 0 Å². The molecular weight excluding hydrogens is 314 g/mol. The van der Waals surface area contributed by atoms with Gasteiger partial charge in [-0.3, -0.25) is 14.9 Å². The molecule has 2 aliphatic rings. The molecule has 5 nitrogen and oxygen atoms in total. The molecule has 2 aromatic carbocycles. The van der Waals surface area contributed by atoms with E-state index in [0.717, 1.165) is 16.8 Å². The number of hydrogen-bond donors (Lipinski definition) is 3. The van der Waals surface area contributed by atoms with Gasteiger partial charge < -0.3 is 11.1 Å². The molecule has 25 heavy (non-hydrogen) atoms. The minimum Gasteiger partial charge on any atom is -0.368 e. The zero-order chi connectivity index (χ0) is 17.8. The Kier molecular flexibility index (Phi) is 3.27. The third kappa shape index (κ3) is 1.93. The molecule has 2 heterocycles. The van der Waals surface area contributed by atoms with Gasteiger partial charge in [0, 0.05) is 17.1 Å². The van der Waals surface area contributed by atoms with Crippen molar-refractivity contribution >= 4 is 17.5 Å². The number of primary amides is 1. The number of nitrogens with two attached hydrogens (primary N) is 1. The SMILES string of the molecule is CC1(C)NC(C(N)=O)C(c2ccccc2)C12C(=O)Nc1ccccc12. The molecule has 0 aromatic heterocycles. The second-order valence-electron chi connectivity index (χ2n) is 7.35. The van der Waals surface area contributed by atoms with E-state index in [1.807, 2.05) is 68.4 Å². The van der Waals surface area contributed by atoms with Gasteiger partial charge in [-0.25, -0.2) is 0 Å². The molecule has 2 amide bonds. The standard InChI is InChI=1S/C20H21N3O2/c1-19(2)20(13-10-6-7-11-14(13)22-18(20)25)15(16(23-19)17(21)24)12-8-4-3-5-9-12/h3-11,15-16,23H,1-2H3,(H2,21,24)(H,22,25). The number of anilines is 1. The molecule has 4 N–H and O–H groups in total. The fourth-order valence-corrected chi connectivity index (χ4v) is 4.77. The Balaban J connectivity index is 2.04. The van der Waals surface area contributed by atoms with E-state index >= 15 is 0 Å². The van der Waals surface area contributed by atoms with E-state index in [1.165, 1.54) is 0 Å². The van der Waals surface area contributed by atoms with Crippen LogP contribution in [-0.2, 0) is 15.0 Å². The molecule has 3 unspecified atom stereocenters. The van der Waals surface area contributed by atoms with Crippen LogP contribution >= 0.6 is 0 Å². The van der Waals surface area contributed by atoms with Crippen molar-refractivity contribution in [1.82, 2.24) is 5.32 Å². The molecule has 2 aromatic rings. The number of para-hydroxylation sites is 1. The van der Waals surface area contributed by atoms with Gasteiger partial charge in [0.15, 0.2) is 0 Å². The zero-order valence-corrected chi connectivity index (χ0v) is 14.2. The van der Waals surface area contributed by atoms with Gasteiger partial charge in [-0.1, -0.05) is 48.5 Å². The lowest BCUT2D eigenvalue weighted by molar-refractivity contribution is -0.123. The maximum Gasteiger partial charge on any atom is 0.237 e. The van der Waals surface area contributed by atoms with Crippen molar-refractivity contribution in [3.05, 3.63) is 65.7 Å². The summed E-state index contributed by atoms with van der Waals surface area (Å²) in [6, 6.07) is 16.7. The third-order valence-corrected chi connectivity index (χ3v) is 5.73. The van der Waals surface area contributed by atoms with E-state index in [4.69, 9.17) is 5.73 Å². The molecule has 2 aliphatic heterocycles. The average Bonchev–Trinajstić information content (AvgIpc) is 3.02. The fourth-order valence-electron chi connectivity index (χ4n) is 4.77. The molecule has 1 spiro atoms. The van der Waals surface area contributed by atoms with Crippen molar-refractivity contribution in [3.63, 3.8) is 0 Å². The summed E-state index contributed by atoms with van der Waals surface area (Å²) in [4.78, 5) is 25.6. The minimum absolute atomic E-state index is 0.0937. The highest BCUT2D eigenvalue weighted by molar-refractivity contribution is 6.09. The monoisotopic (exact) mass is 335 g/mol. The first-order chi connectivity index (χ1) is 11.9. The number of amides is 2. The van der Waals surface area contributed by atoms with Gasteiger partial charge in [-0.2, -0.15) is 0 Å². The highest BCUT2D eigenvalue weighted by Crippen LogP contribution is 2.58. The molecule has 0 saturated carbocycles. The Bertz CT molecular complexity index is 862. The van der Waals surface area contributed by atoms with E-state index < -0.39 is 22.9 Å². The molecule has 128 valence electrons. The quantitative estimate of drug-likeness (QED) is 0.784. The summed E-state index contributed by atoms with van der Waals surface area (Å²) in [5.41, 5.74) is 6.81. The number of carbonyl (C=O) groups excluding carboxylic acids is 2. The molecule has 3 atom stereocenters. The Morgan fingerprint density at radius 3 is 2.36 bits per heavy atom. The molecule has 5 heteroatoms. The first kappa shape index (κ1) is 15.8. The number of carbonyl (C=O) groups is 2. The maximum atomic E-state index is 13.3. The van der Waals surface area contributed by atoms with Crippen LogP contribution in [0.15, 0.2) is 54.6 Å². The molecule has 0 radical (unpaired) electrons. The zero-order valence-electron chi connectivity index (χ0n) is 14.2. The number of benzene rings is 2. The molecule has 1 saturated heterocycles. The van der Waals surface area contributed by atoms with E-state index in [9.17, 15) is 9.59 Å². The van der Waals surface area contributed by atoms with Crippen molar-refractivity contribution in [2.75, 3.05) is 5.32 Å². The molecule has 0 bridgehead atoms. The summed E-state index contributed by atoms with van der Waals surface area (Å²) in [5, 5.41) is 6.36. The van der Waals surface area contributed by atoms with Crippen molar-refractivity contribution < 1.29 is 9.59 Å². The topological polar surface area (TPSA) is 84.2 Å². The number of fused-ring (bicyclic) bond motifs is 2. The lowest BCUT2D eigenvalue weighted by atomic mass is 9.60. The summed E-state index contributed by atoms with van der Waals surface area (Å²) in [6.45, 7) is 3.93. The van der Waals surface area contributed by atoms with Crippen LogP contribution < -0.4 is 16.4 Å². The van der Waals surface area contributed by atoms with Crippen molar-refractivity contribution in [3.8, 4) is 0 Å². The predicted octanol–water partition coefficient (Wildman–Crippen LogP) is 1.90. The van der Waals surface area contributed by atoms with Crippen LogP contribution in [0.3, 0.4) is 0 Å². The Labute approximate surface area is 146 Å². The maximum absolute atomic E-state index is 13.3. The summed E-state index contributed by atoms with van der Waals surface area (Å²) >= 11 is 0. The molecule has 4 rings (SSSR count).